The van der Waals surface area contributed by atoms with E-state index in [4.69, 9.17) is 13.9 Å². The molecule has 1 aromatic heterocycles. The van der Waals surface area contributed by atoms with Gasteiger partial charge in [-0.05, 0) is 38.4 Å². The average molecular weight is 336 g/mol. The van der Waals surface area contributed by atoms with E-state index in [9.17, 15) is 4.79 Å². The fourth-order valence-corrected chi connectivity index (χ4v) is 3.63. The first-order valence-corrected chi connectivity index (χ1v) is 8.69. The first kappa shape index (κ1) is 17.5. The number of likely N-dealkylation sites (tertiary alicyclic amines) is 1. The van der Waals surface area contributed by atoms with Gasteiger partial charge in [0.05, 0.1) is 24.9 Å². The van der Waals surface area contributed by atoms with E-state index < -0.39 is 0 Å². The topological polar surface area (TPSA) is 55.2 Å². The predicted molar refractivity (Wildman–Crippen MR) is 89.7 cm³/mol. The molecule has 1 aromatic rings. The Morgan fingerprint density at radius 1 is 1.46 bits per heavy atom. The summed E-state index contributed by atoms with van der Waals surface area (Å²) in [5.74, 6) is 1.95. The maximum absolute atomic E-state index is 11.7. The molecule has 2 atom stereocenters. The average Bonchev–Trinajstić information content (AvgIpc) is 3.11. The van der Waals surface area contributed by atoms with Crippen LogP contribution in [0.1, 0.15) is 30.8 Å². The number of hydrogen-bond donors (Lipinski definition) is 0. The minimum atomic E-state index is -0.133. The SMILES string of the molecule is Cc1ccc(CN2CCC[C@]3(C[C@@H](OCC(=O)N(C)C)CO3)C2)o1. The zero-order valence-corrected chi connectivity index (χ0v) is 14.9. The van der Waals surface area contributed by atoms with E-state index in [1.54, 1.807) is 19.0 Å². The van der Waals surface area contributed by atoms with Crippen molar-refractivity contribution in [1.82, 2.24) is 9.80 Å². The smallest absolute Gasteiger partial charge is 0.248 e. The monoisotopic (exact) mass is 336 g/mol. The molecule has 2 aliphatic heterocycles. The summed E-state index contributed by atoms with van der Waals surface area (Å²) < 4.78 is 17.6. The molecule has 2 aliphatic rings. The van der Waals surface area contributed by atoms with Crippen LogP contribution in [-0.2, 0) is 20.8 Å². The van der Waals surface area contributed by atoms with Gasteiger partial charge in [0.2, 0.25) is 5.91 Å². The van der Waals surface area contributed by atoms with E-state index in [1.807, 2.05) is 19.1 Å². The lowest BCUT2D eigenvalue weighted by molar-refractivity contribution is -0.135. The van der Waals surface area contributed by atoms with Crippen molar-refractivity contribution in [3.8, 4) is 0 Å². The third-order valence-corrected chi connectivity index (χ3v) is 4.91. The summed E-state index contributed by atoms with van der Waals surface area (Å²) in [7, 11) is 3.49. The van der Waals surface area contributed by atoms with E-state index in [-0.39, 0.29) is 24.2 Å². The Hall–Kier alpha value is -1.37. The van der Waals surface area contributed by atoms with Gasteiger partial charge in [0.1, 0.15) is 18.1 Å². The molecule has 6 heteroatoms. The van der Waals surface area contributed by atoms with Crippen molar-refractivity contribution < 1.29 is 18.7 Å². The molecule has 6 nitrogen and oxygen atoms in total. The van der Waals surface area contributed by atoms with Crippen LogP contribution in [0.2, 0.25) is 0 Å². The number of ether oxygens (including phenoxy) is 2. The highest BCUT2D eigenvalue weighted by atomic mass is 16.6. The molecule has 0 aliphatic carbocycles. The molecule has 1 amide bonds. The minimum absolute atomic E-state index is 0.00518. The summed E-state index contributed by atoms with van der Waals surface area (Å²) in [4.78, 5) is 15.6. The van der Waals surface area contributed by atoms with Gasteiger partial charge >= 0.3 is 0 Å². The molecule has 0 N–H and O–H groups in total. The van der Waals surface area contributed by atoms with Gasteiger partial charge in [-0.3, -0.25) is 9.69 Å². The van der Waals surface area contributed by atoms with E-state index in [2.05, 4.69) is 4.90 Å². The molecule has 2 saturated heterocycles. The number of aryl methyl sites for hydroxylation is 1. The number of hydrogen-bond acceptors (Lipinski definition) is 5. The second-order valence-electron chi connectivity index (χ2n) is 7.25. The van der Waals surface area contributed by atoms with Crippen molar-refractivity contribution in [3.63, 3.8) is 0 Å². The maximum Gasteiger partial charge on any atom is 0.248 e. The van der Waals surface area contributed by atoms with Crippen LogP contribution in [-0.4, -0.2) is 67.8 Å². The van der Waals surface area contributed by atoms with Crippen LogP contribution in [0, 0.1) is 6.92 Å². The molecule has 3 heterocycles. The highest BCUT2D eigenvalue weighted by molar-refractivity contribution is 5.76. The molecule has 0 bridgehead atoms. The Kier molecular flexibility index (Phi) is 5.27. The number of furan rings is 1. The number of likely N-dealkylation sites (N-methyl/N-ethyl adjacent to an activating group) is 1. The molecule has 0 radical (unpaired) electrons. The summed E-state index contributed by atoms with van der Waals surface area (Å²) in [5.41, 5.74) is -0.133. The number of nitrogens with zero attached hydrogens (tertiary/aromatic N) is 2. The van der Waals surface area contributed by atoms with Crippen molar-refractivity contribution in [1.29, 1.82) is 0 Å². The highest BCUT2D eigenvalue weighted by Crippen LogP contribution is 2.36. The van der Waals surface area contributed by atoms with Gasteiger partial charge in [0, 0.05) is 27.1 Å². The van der Waals surface area contributed by atoms with Crippen LogP contribution in [0.15, 0.2) is 16.5 Å². The van der Waals surface area contributed by atoms with Gasteiger partial charge in [-0.15, -0.1) is 0 Å². The van der Waals surface area contributed by atoms with Gasteiger partial charge in [0.15, 0.2) is 0 Å². The molecule has 3 rings (SSSR count). The maximum atomic E-state index is 11.7. The fourth-order valence-electron chi connectivity index (χ4n) is 3.63. The first-order chi connectivity index (χ1) is 11.5. The van der Waals surface area contributed by atoms with Gasteiger partial charge in [-0.25, -0.2) is 0 Å². The predicted octanol–water partition coefficient (Wildman–Crippen LogP) is 1.82. The van der Waals surface area contributed by atoms with Gasteiger partial charge in [0.25, 0.3) is 0 Å². The Labute approximate surface area is 143 Å². The van der Waals surface area contributed by atoms with Crippen LogP contribution in [0.25, 0.3) is 0 Å². The Balaban J connectivity index is 1.51. The standard InChI is InChI=1S/C18H28N2O4/c1-14-5-6-15(24-14)10-20-8-4-7-18(13-20)9-16(11-23-18)22-12-17(21)19(2)3/h5-6,16H,4,7-13H2,1-3H3/t16-,18+/m1/s1. The molecule has 2 fully saturated rings. The molecular formula is C18H28N2O4. The van der Waals surface area contributed by atoms with Crippen LogP contribution >= 0.6 is 0 Å². The highest BCUT2D eigenvalue weighted by Gasteiger charge is 2.44. The van der Waals surface area contributed by atoms with Crippen LogP contribution in [0.3, 0.4) is 0 Å². The number of amides is 1. The fraction of sp³-hybridized carbons (Fsp3) is 0.722. The lowest BCUT2D eigenvalue weighted by atomic mass is 9.89. The largest absolute Gasteiger partial charge is 0.465 e. The minimum Gasteiger partial charge on any atom is -0.465 e. The van der Waals surface area contributed by atoms with E-state index in [1.165, 1.54) is 0 Å². The van der Waals surface area contributed by atoms with E-state index in [0.29, 0.717) is 6.61 Å². The summed E-state index contributed by atoms with van der Waals surface area (Å²) in [5, 5.41) is 0. The quantitative estimate of drug-likeness (QED) is 0.821. The van der Waals surface area contributed by atoms with Crippen molar-refractivity contribution in [2.75, 3.05) is 40.4 Å². The summed E-state index contributed by atoms with van der Waals surface area (Å²) in [6.45, 7) is 5.46. The summed E-state index contributed by atoms with van der Waals surface area (Å²) in [6, 6.07) is 4.05. The van der Waals surface area contributed by atoms with Gasteiger partial charge < -0.3 is 18.8 Å². The Bertz CT molecular complexity index is 571. The lowest BCUT2D eigenvalue weighted by Gasteiger charge is -2.39. The van der Waals surface area contributed by atoms with Crippen LogP contribution < -0.4 is 0 Å². The molecule has 0 saturated carbocycles. The third kappa shape index (κ3) is 4.18. The summed E-state index contributed by atoms with van der Waals surface area (Å²) >= 11 is 0. The molecule has 1 spiro atoms. The molecule has 134 valence electrons. The zero-order chi connectivity index (χ0) is 17.2. The number of carbonyl (C=O) groups excluding carboxylic acids is 1. The molecule has 0 unspecified atom stereocenters. The van der Waals surface area contributed by atoms with Crippen LogP contribution in [0.5, 0.6) is 0 Å². The first-order valence-electron chi connectivity index (χ1n) is 8.69. The van der Waals surface area contributed by atoms with E-state index >= 15 is 0 Å². The normalized spacial score (nSPS) is 27.7. The second-order valence-corrected chi connectivity index (χ2v) is 7.25. The van der Waals surface area contributed by atoms with Crippen molar-refractivity contribution in [2.24, 2.45) is 0 Å². The number of piperidine rings is 1. The summed E-state index contributed by atoms with van der Waals surface area (Å²) in [6.07, 6.45) is 3.05. The zero-order valence-electron chi connectivity index (χ0n) is 14.9. The van der Waals surface area contributed by atoms with Gasteiger partial charge in [-0.1, -0.05) is 0 Å². The molecular weight excluding hydrogens is 308 g/mol. The third-order valence-electron chi connectivity index (χ3n) is 4.91. The molecule has 0 aromatic carbocycles. The van der Waals surface area contributed by atoms with Gasteiger partial charge in [-0.2, -0.15) is 0 Å². The Morgan fingerprint density at radius 2 is 2.29 bits per heavy atom. The number of rotatable bonds is 5. The van der Waals surface area contributed by atoms with Crippen LogP contribution in [0.4, 0.5) is 0 Å². The lowest BCUT2D eigenvalue weighted by Crippen LogP contribution is -2.47. The Morgan fingerprint density at radius 3 is 3.00 bits per heavy atom. The second kappa shape index (κ2) is 7.25. The van der Waals surface area contributed by atoms with E-state index in [0.717, 1.165) is 50.4 Å². The van der Waals surface area contributed by atoms with Crippen molar-refractivity contribution in [2.45, 2.75) is 44.4 Å². The van der Waals surface area contributed by atoms with Crippen molar-refractivity contribution >= 4 is 5.91 Å². The van der Waals surface area contributed by atoms with Crippen molar-refractivity contribution in [3.05, 3.63) is 23.7 Å². The number of carbonyl (C=O) groups is 1. The molecule has 24 heavy (non-hydrogen) atoms.